The first-order chi connectivity index (χ1) is 11.0. The Hall–Kier alpha value is -2.64. The second-order valence-corrected chi connectivity index (χ2v) is 6.56. The Labute approximate surface area is 140 Å². The first kappa shape index (κ1) is 19.4. The summed E-state index contributed by atoms with van der Waals surface area (Å²) in [5, 5.41) is 13.7. The third-order valence-corrected chi connectivity index (χ3v) is 2.98. The summed E-state index contributed by atoms with van der Waals surface area (Å²) in [5.74, 6) is -0.712. The fraction of sp³-hybridized carbons (Fsp3) is 0.500. The summed E-state index contributed by atoms with van der Waals surface area (Å²) in [6.07, 6.45) is 0. The maximum absolute atomic E-state index is 12.0. The first-order valence-corrected chi connectivity index (χ1v) is 7.42. The lowest BCUT2D eigenvalue weighted by Crippen LogP contribution is -2.47. The average Bonchev–Trinajstić information content (AvgIpc) is 2.42. The van der Waals surface area contributed by atoms with Crippen LogP contribution < -0.4 is 10.1 Å². The van der Waals surface area contributed by atoms with Crippen LogP contribution in [0.4, 0.5) is 5.69 Å². The molecule has 1 N–H and O–H groups in total. The average molecular weight is 337 g/mol. The van der Waals surface area contributed by atoms with E-state index in [1.807, 2.05) is 20.8 Å². The Morgan fingerprint density at radius 1 is 1.33 bits per heavy atom. The van der Waals surface area contributed by atoms with Gasteiger partial charge in [0.2, 0.25) is 5.91 Å². The molecule has 1 aromatic carbocycles. The highest BCUT2D eigenvalue weighted by molar-refractivity contribution is 5.85. The molecule has 0 aliphatic heterocycles. The van der Waals surface area contributed by atoms with Gasteiger partial charge in [-0.25, -0.2) is 0 Å². The Morgan fingerprint density at radius 2 is 1.96 bits per heavy atom. The number of amides is 2. The molecule has 0 aliphatic carbocycles. The molecule has 0 aromatic heterocycles. The van der Waals surface area contributed by atoms with E-state index in [2.05, 4.69) is 5.32 Å². The summed E-state index contributed by atoms with van der Waals surface area (Å²) >= 11 is 0. The molecule has 0 saturated heterocycles. The Kier molecular flexibility index (Phi) is 6.27. The van der Waals surface area contributed by atoms with Crippen LogP contribution in [0.15, 0.2) is 18.2 Å². The van der Waals surface area contributed by atoms with Crippen LogP contribution >= 0.6 is 0 Å². The van der Waals surface area contributed by atoms with Gasteiger partial charge in [-0.2, -0.15) is 0 Å². The molecule has 8 nitrogen and oxygen atoms in total. The van der Waals surface area contributed by atoms with Gasteiger partial charge in [0.1, 0.15) is 0 Å². The molecule has 0 atom stereocenters. The number of carbonyl (C=O) groups is 2. The lowest BCUT2D eigenvalue weighted by Gasteiger charge is -2.23. The number of benzene rings is 1. The number of carbonyl (C=O) groups excluding carboxylic acids is 2. The van der Waals surface area contributed by atoms with Crippen LogP contribution in [0.25, 0.3) is 0 Å². The van der Waals surface area contributed by atoms with Crippen molar-refractivity contribution in [2.24, 2.45) is 0 Å². The third kappa shape index (κ3) is 6.23. The van der Waals surface area contributed by atoms with Crippen molar-refractivity contribution in [2.45, 2.75) is 33.2 Å². The van der Waals surface area contributed by atoms with Crippen molar-refractivity contribution >= 4 is 17.5 Å². The van der Waals surface area contributed by atoms with Gasteiger partial charge in [-0.15, -0.1) is 0 Å². The summed E-state index contributed by atoms with van der Waals surface area (Å²) in [7, 11) is 1.47. The zero-order chi connectivity index (χ0) is 18.5. The smallest absolute Gasteiger partial charge is 0.310 e. The van der Waals surface area contributed by atoms with Crippen LogP contribution in [0.5, 0.6) is 5.75 Å². The summed E-state index contributed by atoms with van der Waals surface area (Å²) in [6, 6.07) is 4.42. The Morgan fingerprint density at radius 3 is 2.50 bits per heavy atom. The molecule has 0 fully saturated rings. The van der Waals surface area contributed by atoms with E-state index in [1.54, 1.807) is 13.0 Å². The standard InChI is InChI=1S/C16H23N3O5/c1-11-6-7-12(19(22)23)13(8-11)24-10-15(21)18(5)9-14(20)17-16(2,3)4/h6-8H,9-10H2,1-5H3,(H,17,20). The molecule has 0 spiro atoms. The van der Waals surface area contributed by atoms with Crippen LogP contribution in [0.3, 0.4) is 0 Å². The number of aryl methyl sites for hydroxylation is 1. The molecule has 1 aromatic rings. The molecule has 132 valence electrons. The number of nitrogens with one attached hydrogen (secondary N) is 1. The highest BCUT2D eigenvalue weighted by Crippen LogP contribution is 2.27. The fourth-order valence-corrected chi connectivity index (χ4v) is 1.90. The van der Waals surface area contributed by atoms with Gasteiger partial charge in [-0.3, -0.25) is 19.7 Å². The van der Waals surface area contributed by atoms with Crippen LogP contribution in [0, 0.1) is 17.0 Å². The van der Waals surface area contributed by atoms with Gasteiger partial charge in [0, 0.05) is 18.7 Å². The van der Waals surface area contributed by atoms with E-state index >= 15 is 0 Å². The van der Waals surface area contributed by atoms with E-state index in [0.29, 0.717) is 0 Å². The molecule has 0 unspecified atom stereocenters. The van der Waals surface area contributed by atoms with Gasteiger partial charge in [0.05, 0.1) is 11.5 Å². The number of hydrogen-bond acceptors (Lipinski definition) is 5. The Bertz CT molecular complexity index is 637. The van der Waals surface area contributed by atoms with Crippen LogP contribution in [0.2, 0.25) is 0 Å². The second-order valence-electron chi connectivity index (χ2n) is 6.56. The minimum Gasteiger partial charge on any atom is -0.477 e. The van der Waals surface area contributed by atoms with E-state index in [4.69, 9.17) is 4.74 Å². The molecular formula is C16H23N3O5. The number of rotatable bonds is 6. The molecular weight excluding hydrogens is 314 g/mol. The predicted octanol–water partition coefficient (Wildman–Crippen LogP) is 1.66. The number of hydrogen-bond donors (Lipinski definition) is 1. The van der Waals surface area contributed by atoms with E-state index in [9.17, 15) is 19.7 Å². The number of likely N-dealkylation sites (N-methyl/N-ethyl adjacent to an activating group) is 1. The topological polar surface area (TPSA) is 102 Å². The summed E-state index contributed by atoms with van der Waals surface area (Å²) in [4.78, 5) is 35.4. The van der Waals surface area contributed by atoms with Gasteiger partial charge < -0.3 is 15.0 Å². The highest BCUT2D eigenvalue weighted by atomic mass is 16.6. The molecule has 0 heterocycles. The maximum Gasteiger partial charge on any atom is 0.310 e. The lowest BCUT2D eigenvalue weighted by molar-refractivity contribution is -0.385. The number of ether oxygens (including phenoxy) is 1. The van der Waals surface area contributed by atoms with Crippen molar-refractivity contribution in [1.29, 1.82) is 0 Å². The zero-order valence-corrected chi connectivity index (χ0v) is 14.6. The van der Waals surface area contributed by atoms with E-state index in [0.717, 1.165) is 5.56 Å². The van der Waals surface area contributed by atoms with Crippen molar-refractivity contribution in [3.05, 3.63) is 33.9 Å². The highest BCUT2D eigenvalue weighted by Gasteiger charge is 2.20. The summed E-state index contributed by atoms with van der Waals surface area (Å²) in [5.41, 5.74) is 0.183. The van der Waals surface area contributed by atoms with Gasteiger partial charge >= 0.3 is 5.69 Å². The normalized spacial score (nSPS) is 10.9. The van der Waals surface area contributed by atoms with Crippen molar-refractivity contribution in [1.82, 2.24) is 10.2 Å². The number of nitro benzene ring substituents is 1. The van der Waals surface area contributed by atoms with Gasteiger partial charge in [0.25, 0.3) is 5.91 Å². The predicted molar refractivity (Wildman–Crippen MR) is 88.9 cm³/mol. The summed E-state index contributed by atoms with van der Waals surface area (Å²) < 4.78 is 5.28. The molecule has 1 rings (SSSR count). The first-order valence-electron chi connectivity index (χ1n) is 7.42. The monoisotopic (exact) mass is 337 g/mol. The van der Waals surface area contributed by atoms with Crippen LogP contribution in [-0.4, -0.2) is 47.4 Å². The number of nitro groups is 1. The second kappa shape index (κ2) is 7.76. The molecule has 24 heavy (non-hydrogen) atoms. The zero-order valence-electron chi connectivity index (χ0n) is 14.6. The van der Waals surface area contributed by atoms with E-state index < -0.39 is 10.8 Å². The van der Waals surface area contributed by atoms with Crippen molar-refractivity contribution < 1.29 is 19.2 Å². The third-order valence-electron chi connectivity index (χ3n) is 2.98. The van der Waals surface area contributed by atoms with E-state index in [-0.39, 0.29) is 36.0 Å². The number of nitrogens with zero attached hydrogens (tertiary/aromatic N) is 2. The minimum absolute atomic E-state index is 0.0286. The quantitative estimate of drug-likeness (QED) is 0.628. The minimum atomic E-state index is -0.570. The van der Waals surface area contributed by atoms with Gasteiger partial charge in [-0.05, 0) is 39.3 Å². The van der Waals surface area contributed by atoms with Gasteiger partial charge in [0.15, 0.2) is 12.4 Å². The van der Waals surface area contributed by atoms with Crippen molar-refractivity contribution in [3.63, 3.8) is 0 Å². The summed E-state index contributed by atoms with van der Waals surface area (Å²) in [6.45, 7) is 6.78. The lowest BCUT2D eigenvalue weighted by atomic mass is 10.1. The molecule has 0 saturated carbocycles. The van der Waals surface area contributed by atoms with Gasteiger partial charge in [-0.1, -0.05) is 6.07 Å². The van der Waals surface area contributed by atoms with Crippen molar-refractivity contribution in [3.8, 4) is 5.75 Å². The van der Waals surface area contributed by atoms with E-state index in [1.165, 1.54) is 24.1 Å². The molecule has 0 bridgehead atoms. The fourth-order valence-electron chi connectivity index (χ4n) is 1.90. The SMILES string of the molecule is Cc1ccc([N+](=O)[O-])c(OCC(=O)N(C)CC(=O)NC(C)(C)C)c1. The van der Waals surface area contributed by atoms with Crippen molar-refractivity contribution in [2.75, 3.05) is 20.2 Å². The molecule has 0 aliphatic rings. The molecule has 8 heteroatoms. The molecule has 0 radical (unpaired) electrons. The van der Waals surface area contributed by atoms with Crippen LogP contribution in [-0.2, 0) is 9.59 Å². The van der Waals surface area contributed by atoms with Crippen LogP contribution in [0.1, 0.15) is 26.3 Å². The molecule has 2 amide bonds. The maximum atomic E-state index is 12.0. The Balaban J connectivity index is 2.64. The largest absolute Gasteiger partial charge is 0.477 e.